The summed E-state index contributed by atoms with van der Waals surface area (Å²) in [7, 11) is -0.513. The Morgan fingerprint density at radius 2 is 2.11 bits per heavy atom. The smallest absolute Gasteiger partial charge is 0.301 e. The second-order valence-electron chi connectivity index (χ2n) is 4.50. The van der Waals surface area contributed by atoms with Gasteiger partial charge in [-0.3, -0.25) is 4.72 Å². The fourth-order valence-corrected chi connectivity index (χ4v) is 2.45. The van der Waals surface area contributed by atoms with Gasteiger partial charge >= 0.3 is 10.2 Å². The Morgan fingerprint density at radius 1 is 1.37 bits per heavy atom. The van der Waals surface area contributed by atoms with E-state index in [0.717, 1.165) is 27.2 Å². The van der Waals surface area contributed by atoms with E-state index in [4.69, 9.17) is 5.73 Å². The maximum atomic E-state index is 11.8. The molecule has 1 aromatic heterocycles. The van der Waals surface area contributed by atoms with E-state index in [-0.39, 0.29) is 0 Å². The Hall–Kier alpha value is -1.57. The zero-order chi connectivity index (χ0) is 14.0. The summed E-state index contributed by atoms with van der Waals surface area (Å²) < 4.78 is 27.2. The molecule has 0 saturated heterocycles. The van der Waals surface area contributed by atoms with Crippen LogP contribution in [0.4, 0.5) is 5.69 Å². The molecule has 0 unspecified atom stereocenters. The van der Waals surface area contributed by atoms with Crippen molar-refractivity contribution in [3.63, 3.8) is 0 Å². The van der Waals surface area contributed by atoms with Gasteiger partial charge in [0.2, 0.25) is 0 Å². The lowest BCUT2D eigenvalue weighted by molar-refractivity contribution is 0.527. The average Bonchev–Trinajstić information content (AvgIpc) is 2.72. The first kappa shape index (κ1) is 13.9. The van der Waals surface area contributed by atoms with Crippen molar-refractivity contribution in [3.8, 4) is 0 Å². The van der Waals surface area contributed by atoms with Crippen molar-refractivity contribution in [2.24, 2.45) is 5.73 Å². The number of hydrogen-bond acceptors (Lipinski definition) is 3. The highest BCUT2D eigenvalue weighted by Gasteiger charge is 2.13. The van der Waals surface area contributed by atoms with Gasteiger partial charge in [0.05, 0.1) is 5.69 Å². The van der Waals surface area contributed by atoms with Crippen LogP contribution in [0.25, 0.3) is 10.9 Å². The predicted octanol–water partition coefficient (Wildman–Crippen LogP) is 0.887. The molecule has 0 spiro atoms. The lowest BCUT2D eigenvalue weighted by Crippen LogP contribution is -2.28. The van der Waals surface area contributed by atoms with Gasteiger partial charge in [0, 0.05) is 31.2 Å². The van der Waals surface area contributed by atoms with Gasteiger partial charge in [0.15, 0.2) is 0 Å². The maximum absolute atomic E-state index is 11.8. The molecule has 104 valence electrons. The van der Waals surface area contributed by atoms with E-state index < -0.39 is 10.2 Å². The molecule has 0 fully saturated rings. The highest BCUT2D eigenvalue weighted by atomic mass is 32.2. The second kappa shape index (κ2) is 5.20. The van der Waals surface area contributed by atoms with E-state index in [1.807, 2.05) is 18.3 Å². The molecule has 0 amide bonds. The molecule has 2 rings (SSSR count). The molecule has 0 atom stereocenters. The third kappa shape index (κ3) is 2.89. The van der Waals surface area contributed by atoms with Gasteiger partial charge in [-0.2, -0.15) is 12.7 Å². The number of nitrogens with one attached hydrogen (secondary N) is 2. The van der Waals surface area contributed by atoms with E-state index in [9.17, 15) is 8.42 Å². The Kier molecular flexibility index (Phi) is 3.79. The highest BCUT2D eigenvalue weighted by Crippen LogP contribution is 2.23. The van der Waals surface area contributed by atoms with Gasteiger partial charge in [-0.15, -0.1) is 0 Å². The molecule has 0 radical (unpaired) electrons. The summed E-state index contributed by atoms with van der Waals surface area (Å²) in [6, 6.07) is 5.40. The minimum atomic E-state index is -3.48. The van der Waals surface area contributed by atoms with Crippen LogP contribution in [0.3, 0.4) is 0 Å². The van der Waals surface area contributed by atoms with Crippen LogP contribution in [-0.2, 0) is 16.6 Å². The van der Waals surface area contributed by atoms with Gasteiger partial charge in [0.25, 0.3) is 0 Å². The van der Waals surface area contributed by atoms with Crippen LogP contribution in [0, 0.1) is 0 Å². The Balaban J connectivity index is 2.38. The fourth-order valence-electron chi connectivity index (χ4n) is 1.84. The largest absolute Gasteiger partial charge is 0.361 e. The SMILES string of the molecule is CN(C)S(=O)(=O)Nc1ccc2[nH]cc(CCN)c2c1. The molecular weight excluding hydrogens is 264 g/mol. The van der Waals surface area contributed by atoms with Crippen LogP contribution in [-0.4, -0.2) is 38.3 Å². The van der Waals surface area contributed by atoms with E-state index in [1.165, 1.54) is 14.1 Å². The fraction of sp³-hybridized carbons (Fsp3) is 0.333. The van der Waals surface area contributed by atoms with Gasteiger partial charge in [-0.05, 0) is 36.7 Å². The van der Waals surface area contributed by atoms with Crippen LogP contribution >= 0.6 is 0 Å². The molecule has 0 aliphatic carbocycles. The number of H-pyrrole nitrogens is 1. The molecule has 19 heavy (non-hydrogen) atoms. The van der Waals surface area contributed by atoms with Crippen molar-refractivity contribution in [2.75, 3.05) is 25.4 Å². The zero-order valence-electron chi connectivity index (χ0n) is 11.0. The number of anilines is 1. The zero-order valence-corrected chi connectivity index (χ0v) is 11.8. The van der Waals surface area contributed by atoms with Crippen molar-refractivity contribution in [1.82, 2.24) is 9.29 Å². The summed E-state index contributed by atoms with van der Waals surface area (Å²) in [5, 5.41) is 0.990. The van der Waals surface area contributed by atoms with Crippen molar-refractivity contribution in [3.05, 3.63) is 30.0 Å². The minimum absolute atomic E-state index is 0.541. The quantitative estimate of drug-likeness (QED) is 0.760. The number of nitrogens with zero attached hydrogens (tertiary/aromatic N) is 1. The molecule has 0 bridgehead atoms. The Labute approximate surface area is 112 Å². The van der Waals surface area contributed by atoms with Gasteiger partial charge in [0.1, 0.15) is 0 Å². The minimum Gasteiger partial charge on any atom is -0.361 e. The highest BCUT2D eigenvalue weighted by molar-refractivity contribution is 7.90. The van der Waals surface area contributed by atoms with E-state index in [0.29, 0.717) is 12.2 Å². The second-order valence-corrected chi connectivity index (χ2v) is 6.39. The number of rotatable bonds is 5. The molecular formula is C12H18N4O2S. The number of hydrogen-bond donors (Lipinski definition) is 3. The van der Waals surface area contributed by atoms with Crippen molar-refractivity contribution < 1.29 is 8.42 Å². The van der Waals surface area contributed by atoms with E-state index in [2.05, 4.69) is 9.71 Å². The lowest BCUT2D eigenvalue weighted by Gasteiger charge is -2.13. The van der Waals surface area contributed by atoms with E-state index >= 15 is 0 Å². The normalized spacial score (nSPS) is 12.2. The number of nitrogens with two attached hydrogens (primary N) is 1. The Bertz CT molecular complexity index is 676. The molecule has 7 heteroatoms. The van der Waals surface area contributed by atoms with Crippen LogP contribution in [0.1, 0.15) is 5.56 Å². The van der Waals surface area contributed by atoms with E-state index in [1.54, 1.807) is 6.07 Å². The first-order valence-electron chi connectivity index (χ1n) is 5.94. The van der Waals surface area contributed by atoms with Crippen molar-refractivity contribution in [2.45, 2.75) is 6.42 Å². The molecule has 0 saturated carbocycles. The predicted molar refractivity (Wildman–Crippen MR) is 77.3 cm³/mol. The lowest BCUT2D eigenvalue weighted by atomic mass is 10.1. The molecule has 0 aliphatic heterocycles. The molecule has 1 heterocycles. The monoisotopic (exact) mass is 282 g/mol. The Morgan fingerprint density at radius 3 is 2.74 bits per heavy atom. The van der Waals surface area contributed by atoms with Crippen molar-refractivity contribution in [1.29, 1.82) is 0 Å². The first-order valence-corrected chi connectivity index (χ1v) is 7.38. The third-order valence-corrected chi connectivity index (χ3v) is 4.36. The van der Waals surface area contributed by atoms with Crippen LogP contribution in [0.15, 0.2) is 24.4 Å². The maximum Gasteiger partial charge on any atom is 0.301 e. The van der Waals surface area contributed by atoms with Crippen LogP contribution < -0.4 is 10.5 Å². The van der Waals surface area contributed by atoms with Crippen molar-refractivity contribution >= 4 is 26.8 Å². The summed E-state index contributed by atoms with van der Waals surface area (Å²) in [5.41, 5.74) is 8.15. The molecule has 1 aromatic carbocycles. The van der Waals surface area contributed by atoms with Gasteiger partial charge < -0.3 is 10.7 Å². The van der Waals surface area contributed by atoms with Crippen LogP contribution in [0.5, 0.6) is 0 Å². The number of benzene rings is 1. The third-order valence-electron chi connectivity index (χ3n) is 2.91. The number of aromatic amines is 1. The number of aromatic nitrogens is 1. The summed E-state index contributed by atoms with van der Waals surface area (Å²) in [5.74, 6) is 0. The average molecular weight is 282 g/mol. The molecule has 6 nitrogen and oxygen atoms in total. The molecule has 0 aliphatic rings. The van der Waals surface area contributed by atoms with Crippen LogP contribution in [0.2, 0.25) is 0 Å². The van der Waals surface area contributed by atoms with Gasteiger partial charge in [-0.1, -0.05) is 0 Å². The topological polar surface area (TPSA) is 91.2 Å². The molecule has 2 aromatic rings. The molecule has 4 N–H and O–H groups in total. The summed E-state index contributed by atoms with van der Waals surface area (Å²) in [6.07, 6.45) is 2.66. The number of fused-ring (bicyclic) bond motifs is 1. The first-order chi connectivity index (χ1) is 8.94. The summed E-state index contributed by atoms with van der Waals surface area (Å²) in [6.45, 7) is 0.556. The standard InChI is InChI=1S/C12H18N4O2S/c1-16(2)19(17,18)15-10-3-4-12-11(7-10)9(5-6-13)8-14-12/h3-4,7-8,14-15H,5-6,13H2,1-2H3. The van der Waals surface area contributed by atoms with Gasteiger partial charge in [-0.25, -0.2) is 0 Å². The summed E-state index contributed by atoms with van der Waals surface area (Å²) in [4.78, 5) is 3.14. The summed E-state index contributed by atoms with van der Waals surface area (Å²) >= 11 is 0.